The molecule has 0 aliphatic carbocycles. The summed E-state index contributed by atoms with van der Waals surface area (Å²) in [7, 11) is 0. The molecule has 0 saturated carbocycles. The van der Waals surface area contributed by atoms with Crippen molar-refractivity contribution in [2.75, 3.05) is 32.7 Å². The molecule has 0 amide bonds. The van der Waals surface area contributed by atoms with Gasteiger partial charge in [0.15, 0.2) is 0 Å². The SMILES string of the molecule is N#CCN1CCCN(Cc2ccc(F)cc2)CC1. The predicted octanol–water partition coefficient (Wildman–Crippen LogP) is 1.86. The molecule has 3 nitrogen and oxygen atoms in total. The van der Waals surface area contributed by atoms with Crippen molar-refractivity contribution in [3.05, 3.63) is 35.6 Å². The smallest absolute Gasteiger partial charge is 0.123 e. The van der Waals surface area contributed by atoms with E-state index in [4.69, 9.17) is 5.26 Å². The van der Waals surface area contributed by atoms with Crippen molar-refractivity contribution in [3.8, 4) is 6.07 Å². The Hall–Kier alpha value is -1.44. The van der Waals surface area contributed by atoms with E-state index in [0.29, 0.717) is 6.54 Å². The summed E-state index contributed by atoms with van der Waals surface area (Å²) < 4.78 is 12.8. The zero-order valence-corrected chi connectivity index (χ0v) is 10.5. The molecular weight excluding hydrogens is 229 g/mol. The van der Waals surface area contributed by atoms with Gasteiger partial charge in [0.2, 0.25) is 0 Å². The van der Waals surface area contributed by atoms with Crippen molar-refractivity contribution in [3.63, 3.8) is 0 Å². The summed E-state index contributed by atoms with van der Waals surface area (Å²) in [6, 6.07) is 8.90. The molecule has 2 rings (SSSR count). The molecule has 1 aliphatic rings. The summed E-state index contributed by atoms with van der Waals surface area (Å²) in [5.74, 6) is -0.185. The van der Waals surface area contributed by atoms with Crippen LogP contribution in [-0.4, -0.2) is 42.5 Å². The number of nitriles is 1. The van der Waals surface area contributed by atoms with Crippen LogP contribution in [0.2, 0.25) is 0 Å². The molecule has 1 heterocycles. The highest BCUT2D eigenvalue weighted by Crippen LogP contribution is 2.09. The van der Waals surface area contributed by atoms with Crippen LogP contribution in [0.25, 0.3) is 0 Å². The lowest BCUT2D eigenvalue weighted by molar-refractivity contribution is 0.263. The van der Waals surface area contributed by atoms with Gasteiger partial charge in [0, 0.05) is 26.2 Å². The fourth-order valence-corrected chi connectivity index (χ4v) is 2.29. The maximum absolute atomic E-state index is 12.8. The Morgan fingerprint density at radius 1 is 1.06 bits per heavy atom. The van der Waals surface area contributed by atoms with Gasteiger partial charge < -0.3 is 0 Å². The van der Waals surface area contributed by atoms with Gasteiger partial charge in [-0.3, -0.25) is 9.80 Å². The second-order valence-electron chi connectivity index (χ2n) is 4.69. The highest BCUT2D eigenvalue weighted by Gasteiger charge is 2.14. The van der Waals surface area contributed by atoms with Gasteiger partial charge in [0.25, 0.3) is 0 Å². The van der Waals surface area contributed by atoms with Crippen LogP contribution in [0.15, 0.2) is 24.3 Å². The van der Waals surface area contributed by atoms with Gasteiger partial charge in [-0.2, -0.15) is 5.26 Å². The number of hydrogen-bond acceptors (Lipinski definition) is 3. The first-order chi connectivity index (χ1) is 8.78. The minimum absolute atomic E-state index is 0.185. The quantitative estimate of drug-likeness (QED) is 0.764. The summed E-state index contributed by atoms with van der Waals surface area (Å²) in [6.07, 6.45) is 1.09. The van der Waals surface area contributed by atoms with Crippen LogP contribution in [0.5, 0.6) is 0 Å². The molecule has 0 N–H and O–H groups in total. The van der Waals surface area contributed by atoms with Crippen molar-refractivity contribution in [1.82, 2.24) is 9.80 Å². The summed E-state index contributed by atoms with van der Waals surface area (Å²) in [4.78, 5) is 4.55. The third-order valence-corrected chi connectivity index (χ3v) is 3.29. The van der Waals surface area contributed by atoms with Crippen LogP contribution >= 0.6 is 0 Å². The first-order valence-electron chi connectivity index (χ1n) is 6.34. The van der Waals surface area contributed by atoms with Crippen molar-refractivity contribution >= 4 is 0 Å². The first-order valence-corrected chi connectivity index (χ1v) is 6.34. The molecule has 0 aromatic heterocycles. The molecule has 18 heavy (non-hydrogen) atoms. The van der Waals surface area contributed by atoms with Gasteiger partial charge in [-0.1, -0.05) is 12.1 Å². The molecule has 4 heteroatoms. The van der Waals surface area contributed by atoms with Crippen molar-refractivity contribution in [1.29, 1.82) is 5.26 Å². The lowest BCUT2D eigenvalue weighted by Crippen LogP contribution is -2.30. The predicted molar refractivity (Wildman–Crippen MR) is 68.3 cm³/mol. The third-order valence-electron chi connectivity index (χ3n) is 3.29. The van der Waals surface area contributed by atoms with E-state index in [1.165, 1.54) is 12.1 Å². The standard InChI is InChI=1S/C14H18FN3/c15-14-4-2-13(3-5-14)12-18-8-1-7-17(9-6-16)10-11-18/h2-5H,1,7-12H2. The monoisotopic (exact) mass is 247 g/mol. The van der Waals surface area contributed by atoms with Crippen LogP contribution in [0, 0.1) is 17.1 Å². The summed E-state index contributed by atoms with van der Waals surface area (Å²) in [6.45, 7) is 5.33. The molecule has 0 unspecified atom stereocenters. The van der Waals surface area contributed by atoms with Gasteiger partial charge in [0.1, 0.15) is 5.82 Å². The molecule has 96 valence electrons. The second kappa shape index (κ2) is 6.48. The van der Waals surface area contributed by atoms with E-state index >= 15 is 0 Å². The van der Waals surface area contributed by atoms with E-state index in [0.717, 1.165) is 44.7 Å². The van der Waals surface area contributed by atoms with Crippen LogP contribution in [0.4, 0.5) is 4.39 Å². The molecule has 1 aromatic rings. The van der Waals surface area contributed by atoms with E-state index < -0.39 is 0 Å². The van der Waals surface area contributed by atoms with Gasteiger partial charge in [0.05, 0.1) is 12.6 Å². The fourth-order valence-electron chi connectivity index (χ4n) is 2.29. The minimum Gasteiger partial charge on any atom is -0.298 e. The van der Waals surface area contributed by atoms with Gasteiger partial charge in [-0.25, -0.2) is 4.39 Å². The topological polar surface area (TPSA) is 30.3 Å². The Bertz CT molecular complexity index is 410. The summed E-state index contributed by atoms with van der Waals surface area (Å²) >= 11 is 0. The number of nitrogens with zero attached hydrogens (tertiary/aromatic N) is 3. The largest absolute Gasteiger partial charge is 0.298 e. The highest BCUT2D eigenvalue weighted by molar-refractivity contribution is 5.15. The number of halogens is 1. The maximum atomic E-state index is 12.8. The number of hydrogen-bond donors (Lipinski definition) is 0. The number of benzene rings is 1. The lowest BCUT2D eigenvalue weighted by atomic mass is 10.2. The Kier molecular flexibility index (Phi) is 4.68. The van der Waals surface area contributed by atoms with Crippen molar-refractivity contribution in [2.24, 2.45) is 0 Å². The average Bonchev–Trinajstić information content (AvgIpc) is 2.59. The molecule has 0 bridgehead atoms. The van der Waals surface area contributed by atoms with E-state index in [1.807, 2.05) is 12.1 Å². The number of rotatable bonds is 3. The van der Waals surface area contributed by atoms with E-state index in [-0.39, 0.29) is 5.82 Å². The van der Waals surface area contributed by atoms with Gasteiger partial charge in [-0.15, -0.1) is 0 Å². The summed E-state index contributed by atoms with van der Waals surface area (Å²) in [5.41, 5.74) is 1.14. The van der Waals surface area contributed by atoms with Gasteiger partial charge >= 0.3 is 0 Å². The maximum Gasteiger partial charge on any atom is 0.123 e. The Morgan fingerprint density at radius 3 is 2.44 bits per heavy atom. The lowest BCUT2D eigenvalue weighted by Gasteiger charge is -2.20. The van der Waals surface area contributed by atoms with Crippen LogP contribution in [0.3, 0.4) is 0 Å². The summed E-state index contributed by atoms with van der Waals surface area (Å²) in [5, 5.41) is 8.70. The first kappa shape index (κ1) is 13.0. The molecule has 1 saturated heterocycles. The zero-order chi connectivity index (χ0) is 12.8. The molecule has 1 aliphatic heterocycles. The Balaban J connectivity index is 1.87. The fraction of sp³-hybridized carbons (Fsp3) is 0.500. The van der Waals surface area contributed by atoms with Crippen molar-refractivity contribution in [2.45, 2.75) is 13.0 Å². The van der Waals surface area contributed by atoms with Crippen LogP contribution in [-0.2, 0) is 6.54 Å². The molecule has 0 atom stereocenters. The molecular formula is C14H18FN3. The normalized spacial score (nSPS) is 18.2. The third kappa shape index (κ3) is 3.80. The Morgan fingerprint density at radius 2 is 1.72 bits per heavy atom. The van der Waals surface area contributed by atoms with Gasteiger partial charge in [-0.05, 0) is 30.7 Å². The average molecular weight is 247 g/mol. The molecule has 1 aromatic carbocycles. The molecule has 0 spiro atoms. The zero-order valence-electron chi connectivity index (χ0n) is 10.5. The van der Waals surface area contributed by atoms with Crippen molar-refractivity contribution < 1.29 is 4.39 Å². The van der Waals surface area contributed by atoms with E-state index in [9.17, 15) is 4.39 Å². The van der Waals surface area contributed by atoms with E-state index in [1.54, 1.807) is 0 Å². The molecule has 0 radical (unpaired) electrons. The highest BCUT2D eigenvalue weighted by atomic mass is 19.1. The van der Waals surface area contributed by atoms with Crippen LogP contribution < -0.4 is 0 Å². The van der Waals surface area contributed by atoms with E-state index in [2.05, 4.69) is 15.9 Å². The van der Waals surface area contributed by atoms with Crippen LogP contribution in [0.1, 0.15) is 12.0 Å². The second-order valence-corrected chi connectivity index (χ2v) is 4.69. The Labute approximate surface area is 107 Å². The molecule has 1 fully saturated rings. The minimum atomic E-state index is -0.185.